The van der Waals surface area contributed by atoms with Crippen LogP contribution in [0.1, 0.15) is 78.6 Å². The summed E-state index contributed by atoms with van der Waals surface area (Å²) in [5.41, 5.74) is -0.482. The minimum absolute atomic E-state index is 0.0576. The van der Waals surface area contributed by atoms with Crippen LogP contribution in [0.15, 0.2) is 11.6 Å². The van der Waals surface area contributed by atoms with E-state index in [-0.39, 0.29) is 28.6 Å². The highest BCUT2D eigenvalue weighted by Gasteiger charge is 2.68. The van der Waals surface area contributed by atoms with Crippen molar-refractivity contribution in [2.24, 2.45) is 34.5 Å². The van der Waals surface area contributed by atoms with Gasteiger partial charge < -0.3 is 39.7 Å². The Morgan fingerprint density at radius 1 is 0.949 bits per heavy atom. The van der Waals surface area contributed by atoms with Gasteiger partial charge in [-0.3, -0.25) is 0 Å². The quantitative estimate of drug-likeness (QED) is 0.261. The zero-order valence-electron chi connectivity index (χ0n) is 23.4. The Balaban J connectivity index is 1.18. The maximum Gasteiger partial charge on any atom is 0.331 e. The Labute approximate surface area is 230 Å². The van der Waals surface area contributed by atoms with Crippen molar-refractivity contribution < 1.29 is 44.5 Å². The average molecular weight is 551 g/mol. The molecule has 0 unspecified atom stereocenters. The van der Waals surface area contributed by atoms with E-state index >= 15 is 0 Å². The SMILES string of the molecule is C[C@]1(O[C@@H]2O[C@H](CO)[C@@H](O)[C@H](O)[C@H]2O)CC[C@@]2(C)[C@H](CC[C@@H]3[C@@H]2CC[C@]2(C)[C@@H](C4=CC(=O)OC4)CC[C@]32O)C1. The summed E-state index contributed by atoms with van der Waals surface area (Å²) < 4.78 is 17.3. The molecule has 9 nitrogen and oxygen atoms in total. The number of rotatable bonds is 4. The van der Waals surface area contributed by atoms with Crippen molar-refractivity contribution in [1.29, 1.82) is 0 Å². The van der Waals surface area contributed by atoms with Crippen molar-refractivity contribution in [3.05, 3.63) is 11.6 Å². The van der Waals surface area contributed by atoms with E-state index in [0.29, 0.717) is 18.4 Å². The topological polar surface area (TPSA) is 146 Å². The Morgan fingerprint density at radius 2 is 1.72 bits per heavy atom. The van der Waals surface area contributed by atoms with E-state index in [1.54, 1.807) is 6.08 Å². The lowest BCUT2D eigenvalue weighted by Gasteiger charge is -2.64. The van der Waals surface area contributed by atoms with Gasteiger partial charge in [-0.25, -0.2) is 4.79 Å². The van der Waals surface area contributed by atoms with Crippen LogP contribution in [0.25, 0.3) is 0 Å². The molecule has 5 N–H and O–H groups in total. The lowest BCUT2D eigenvalue weighted by Crippen LogP contribution is -2.64. The van der Waals surface area contributed by atoms with Gasteiger partial charge in [0.05, 0.1) is 17.8 Å². The van der Waals surface area contributed by atoms with Crippen LogP contribution in [0.4, 0.5) is 0 Å². The molecule has 4 aliphatic carbocycles. The van der Waals surface area contributed by atoms with Gasteiger partial charge >= 0.3 is 5.97 Å². The number of aliphatic hydroxyl groups is 5. The van der Waals surface area contributed by atoms with Crippen LogP contribution >= 0.6 is 0 Å². The summed E-state index contributed by atoms with van der Waals surface area (Å²) in [5, 5.41) is 52.9. The fourth-order valence-corrected chi connectivity index (χ4v) is 10.1. The summed E-state index contributed by atoms with van der Waals surface area (Å²) in [6.45, 7) is 6.55. The molecule has 9 heteroatoms. The summed E-state index contributed by atoms with van der Waals surface area (Å²) in [4.78, 5) is 11.8. The molecule has 4 saturated carbocycles. The second kappa shape index (κ2) is 9.48. The van der Waals surface area contributed by atoms with Crippen molar-refractivity contribution >= 4 is 5.97 Å². The highest BCUT2D eigenvalue weighted by atomic mass is 16.7. The van der Waals surface area contributed by atoms with Gasteiger partial charge in [0.25, 0.3) is 0 Å². The van der Waals surface area contributed by atoms with Crippen LogP contribution in [0.5, 0.6) is 0 Å². The number of hydrogen-bond donors (Lipinski definition) is 5. The van der Waals surface area contributed by atoms with Crippen LogP contribution in [-0.4, -0.2) is 86.6 Å². The second-order valence-electron chi connectivity index (χ2n) is 14.3. The lowest BCUT2D eigenvalue weighted by molar-refractivity contribution is -0.333. The number of carbonyl (C=O) groups is 1. The number of carbonyl (C=O) groups excluding carboxylic acids is 1. The number of ether oxygens (including phenoxy) is 3. The van der Waals surface area contributed by atoms with Gasteiger partial charge in [-0.2, -0.15) is 0 Å². The first-order valence-electron chi connectivity index (χ1n) is 14.9. The first-order chi connectivity index (χ1) is 18.3. The molecule has 6 rings (SSSR count). The van der Waals surface area contributed by atoms with Crippen LogP contribution in [0.3, 0.4) is 0 Å². The summed E-state index contributed by atoms with van der Waals surface area (Å²) in [6, 6.07) is 0. The fourth-order valence-electron chi connectivity index (χ4n) is 10.1. The average Bonchev–Trinajstić information content (AvgIpc) is 3.44. The van der Waals surface area contributed by atoms with E-state index in [9.17, 15) is 30.3 Å². The molecule has 6 aliphatic rings. The van der Waals surface area contributed by atoms with Gasteiger partial charge in [0.1, 0.15) is 31.0 Å². The van der Waals surface area contributed by atoms with E-state index in [0.717, 1.165) is 63.4 Å². The van der Waals surface area contributed by atoms with Crippen molar-refractivity contribution in [3.63, 3.8) is 0 Å². The van der Waals surface area contributed by atoms with Crippen molar-refractivity contribution in [1.82, 2.24) is 0 Å². The van der Waals surface area contributed by atoms with Crippen molar-refractivity contribution in [2.75, 3.05) is 13.2 Å². The first kappa shape index (κ1) is 28.1. The summed E-state index contributed by atoms with van der Waals surface area (Å²) in [6.07, 6.45) is 3.33. The Morgan fingerprint density at radius 3 is 2.41 bits per heavy atom. The molecule has 0 radical (unpaired) electrons. The minimum Gasteiger partial charge on any atom is -0.458 e. The van der Waals surface area contributed by atoms with Crippen molar-refractivity contribution in [3.8, 4) is 0 Å². The van der Waals surface area contributed by atoms with E-state index < -0.39 is 48.5 Å². The number of fused-ring (bicyclic) bond motifs is 5. The van der Waals surface area contributed by atoms with E-state index in [2.05, 4.69) is 13.8 Å². The van der Waals surface area contributed by atoms with Gasteiger partial charge in [-0.15, -0.1) is 0 Å². The fraction of sp³-hybridized carbons (Fsp3) is 0.900. The zero-order chi connectivity index (χ0) is 28.0. The van der Waals surface area contributed by atoms with Gasteiger partial charge in [0.2, 0.25) is 0 Å². The Hall–Kier alpha value is -1.07. The third kappa shape index (κ3) is 4.09. The highest BCUT2D eigenvalue weighted by molar-refractivity contribution is 5.85. The van der Waals surface area contributed by atoms with Crippen LogP contribution < -0.4 is 0 Å². The number of esters is 1. The maximum absolute atomic E-state index is 12.4. The third-order valence-corrected chi connectivity index (χ3v) is 12.5. The first-order valence-corrected chi connectivity index (χ1v) is 14.9. The molecule has 2 heterocycles. The van der Waals surface area contributed by atoms with Gasteiger partial charge in [0.15, 0.2) is 6.29 Å². The lowest BCUT2D eigenvalue weighted by atomic mass is 9.42. The smallest absolute Gasteiger partial charge is 0.331 e. The molecule has 1 saturated heterocycles. The van der Waals surface area contributed by atoms with Crippen LogP contribution in [0.2, 0.25) is 0 Å². The Bertz CT molecular complexity index is 1010. The molecule has 5 fully saturated rings. The standard InChI is InChI=1S/C30H46O9/c1-27(39-26-25(35)24(34)23(33)21(14-31)38-26)10-11-28(2)17(13-27)4-5-20-19(28)6-8-29(3)18(7-9-30(20,29)36)16-12-22(32)37-15-16/h12,17-21,23-26,31,33-36H,4-11,13-15H2,1-3H3/t17-,18-,19+,20-,21-,23-,24+,25-,26+,27+,28+,29-,30+/m1/s1. The molecular formula is C30H46O9. The van der Waals surface area contributed by atoms with E-state index in [1.807, 2.05) is 6.92 Å². The third-order valence-electron chi connectivity index (χ3n) is 12.5. The molecule has 0 amide bonds. The molecule has 2 aliphatic heterocycles. The van der Waals surface area contributed by atoms with Gasteiger partial charge in [0, 0.05) is 11.5 Å². The molecule has 13 atom stereocenters. The molecule has 39 heavy (non-hydrogen) atoms. The molecule has 0 spiro atoms. The molecule has 0 bridgehead atoms. The summed E-state index contributed by atoms with van der Waals surface area (Å²) >= 11 is 0. The summed E-state index contributed by atoms with van der Waals surface area (Å²) in [5.74, 6) is 0.928. The molecule has 0 aromatic carbocycles. The van der Waals surface area contributed by atoms with E-state index in [4.69, 9.17) is 14.2 Å². The number of aliphatic hydroxyl groups excluding tert-OH is 4. The van der Waals surface area contributed by atoms with Gasteiger partial charge in [-0.1, -0.05) is 13.8 Å². The van der Waals surface area contributed by atoms with E-state index in [1.165, 1.54) is 0 Å². The number of cyclic esters (lactones) is 1. The molecule has 220 valence electrons. The largest absolute Gasteiger partial charge is 0.458 e. The monoisotopic (exact) mass is 550 g/mol. The number of hydrogen-bond acceptors (Lipinski definition) is 9. The van der Waals surface area contributed by atoms with Crippen molar-refractivity contribution in [2.45, 2.75) is 120 Å². The maximum atomic E-state index is 12.4. The van der Waals surface area contributed by atoms with Gasteiger partial charge in [-0.05, 0) is 99.4 Å². The summed E-state index contributed by atoms with van der Waals surface area (Å²) in [7, 11) is 0. The Kier molecular flexibility index (Phi) is 6.82. The second-order valence-corrected chi connectivity index (χ2v) is 14.3. The van der Waals surface area contributed by atoms with Crippen LogP contribution in [0, 0.1) is 34.5 Å². The van der Waals surface area contributed by atoms with Crippen LogP contribution in [-0.2, 0) is 19.0 Å². The minimum atomic E-state index is -1.45. The predicted octanol–water partition coefficient (Wildman–Crippen LogP) is 1.82. The predicted molar refractivity (Wildman–Crippen MR) is 139 cm³/mol. The molecule has 0 aromatic heterocycles. The normalized spacial score (nSPS) is 55.3. The zero-order valence-corrected chi connectivity index (χ0v) is 23.4. The highest BCUT2D eigenvalue weighted by Crippen LogP contribution is 2.70. The molecular weight excluding hydrogens is 504 g/mol. The molecule has 0 aromatic rings.